The van der Waals surface area contributed by atoms with Gasteiger partial charge in [0.2, 0.25) is 0 Å². The normalized spacial score (nSPS) is 14.3. The first-order valence-corrected chi connectivity index (χ1v) is 14.2. The Kier molecular flexibility index (Phi) is 11.8. The summed E-state index contributed by atoms with van der Waals surface area (Å²) in [6, 6.07) is 10.0. The van der Waals surface area contributed by atoms with Crippen molar-refractivity contribution < 1.29 is 37.6 Å². The number of carbonyl (C=O) groups excluding carboxylic acids is 1. The second kappa shape index (κ2) is 15.7. The fourth-order valence-corrected chi connectivity index (χ4v) is 4.22. The summed E-state index contributed by atoms with van der Waals surface area (Å²) >= 11 is 0. The first-order valence-electron chi connectivity index (χ1n) is 14.2. The number of piperazine rings is 1. The van der Waals surface area contributed by atoms with Crippen LogP contribution in [-0.2, 0) is 30.3 Å². The van der Waals surface area contributed by atoms with Crippen LogP contribution in [0.1, 0.15) is 26.5 Å². The van der Waals surface area contributed by atoms with Gasteiger partial charge in [0.15, 0.2) is 5.58 Å². The molecule has 1 fully saturated rings. The molecular formula is C30H42N4O8. The van der Waals surface area contributed by atoms with Crippen LogP contribution in [0, 0.1) is 0 Å². The molecule has 12 nitrogen and oxygen atoms in total. The molecule has 3 aromatic rings. The van der Waals surface area contributed by atoms with Crippen molar-refractivity contribution in [1.29, 1.82) is 0 Å². The van der Waals surface area contributed by atoms with Gasteiger partial charge in [-0.1, -0.05) is 0 Å². The summed E-state index contributed by atoms with van der Waals surface area (Å²) in [6.07, 6.45) is 1.67. The molecule has 1 saturated heterocycles. The van der Waals surface area contributed by atoms with Gasteiger partial charge in [-0.3, -0.25) is 9.88 Å². The topological polar surface area (TPSA) is 118 Å². The summed E-state index contributed by atoms with van der Waals surface area (Å²) in [5.74, 6) is 1.05. The van der Waals surface area contributed by atoms with Gasteiger partial charge < -0.3 is 37.7 Å². The molecule has 1 aliphatic rings. The molecule has 2 aromatic heterocycles. The van der Waals surface area contributed by atoms with Gasteiger partial charge >= 0.3 is 5.97 Å². The molecule has 1 aromatic carbocycles. The first-order chi connectivity index (χ1) is 20.3. The minimum atomic E-state index is -0.507. The van der Waals surface area contributed by atoms with E-state index in [2.05, 4.69) is 14.8 Å². The van der Waals surface area contributed by atoms with Crippen molar-refractivity contribution in [2.45, 2.75) is 33.0 Å². The van der Waals surface area contributed by atoms with E-state index < -0.39 is 5.60 Å². The predicted octanol–water partition coefficient (Wildman–Crippen LogP) is 3.32. The molecule has 3 heterocycles. The van der Waals surface area contributed by atoms with Gasteiger partial charge in [-0.15, -0.1) is 0 Å². The standard InChI is InChI=1S/C30H42N4O8/c1-30(2,3)42-28(35)22-39-18-17-38-16-15-37-14-13-33-9-11-34(12-10-33)29-32-26-19-24(7-8-27(26)41-29)40-21-23-5-6-25(36-4)20-31-23/h5-8,19-20H,9-18,21-22H2,1-4H3. The number of hydrogen-bond acceptors (Lipinski definition) is 12. The maximum Gasteiger partial charge on any atom is 0.332 e. The highest BCUT2D eigenvalue weighted by atomic mass is 16.6. The number of fused-ring (bicyclic) bond motifs is 1. The first kappa shape index (κ1) is 31.5. The van der Waals surface area contributed by atoms with Crippen LogP contribution < -0.4 is 14.4 Å². The second-order valence-electron chi connectivity index (χ2n) is 10.8. The van der Waals surface area contributed by atoms with E-state index in [4.69, 9.17) is 37.8 Å². The zero-order chi connectivity index (χ0) is 29.8. The van der Waals surface area contributed by atoms with Gasteiger partial charge in [0.05, 0.1) is 52.0 Å². The van der Waals surface area contributed by atoms with Crippen LogP contribution in [0.5, 0.6) is 11.5 Å². The number of oxazole rings is 1. The van der Waals surface area contributed by atoms with E-state index in [1.54, 1.807) is 13.3 Å². The van der Waals surface area contributed by atoms with E-state index in [-0.39, 0.29) is 12.6 Å². The highest BCUT2D eigenvalue weighted by molar-refractivity contribution is 5.76. The molecule has 0 saturated carbocycles. The Balaban J connectivity index is 1.07. The summed E-state index contributed by atoms with van der Waals surface area (Å²) in [5, 5.41) is 0. The van der Waals surface area contributed by atoms with Crippen LogP contribution in [0.2, 0.25) is 0 Å². The number of pyridine rings is 1. The van der Waals surface area contributed by atoms with E-state index in [1.165, 1.54) is 0 Å². The molecule has 42 heavy (non-hydrogen) atoms. The molecule has 230 valence electrons. The lowest BCUT2D eigenvalue weighted by molar-refractivity contribution is -0.160. The SMILES string of the molecule is COc1ccc(COc2ccc3oc(N4CCN(CCOCCOCCOCC(=O)OC(C)(C)C)CC4)nc3c2)nc1. The van der Waals surface area contributed by atoms with E-state index in [9.17, 15) is 4.79 Å². The highest BCUT2D eigenvalue weighted by Crippen LogP contribution is 2.26. The average molecular weight is 587 g/mol. The Morgan fingerprint density at radius 3 is 2.33 bits per heavy atom. The molecule has 4 rings (SSSR count). The van der Waals surface area contributed by atoms with Crippen molar-refractivity contribution in [2.24, 2.45) is 0 Å². The molecule has 0 spiro atoms. The number of ether oxygens (including phenoxy) is 6. The highest BCUT2D eigenvalue weighted by Gasteiger charge is 2.21. The van der Waals surface area contributed by atoms with E-state index >= 15 is 0 Å². The van der Waals surface area contributed by atoms with Crippen molar-refractivity contribution in [3.63, 3.8) is 0 Å². The number of benzene rings is 1. The minimum Gasteiger partial charge on any atom is -0.495 e. The Hall–Kier alpha value is -3.45. The van der Waals surface area contributed by atoms with Crippen molar-refractivity contribution in [3.8, 4) is 11.5 Å². The van der Waals surface area contributed by atoms with Gasteiger partial charge in [-0.25, -0.2) is 4.79 Å². The number of esters is 1. The van der Waals surface area contributed by atoms with Crippen molar-refractivity contribution in [2.75, 3.05) is 84.4 Å². The molecule has 0 radical (unpaired) electrons. The van der Waals surface area contributed by atoms with Crippen molar-refractivity contribution in [3.05, 3.63) is 42.2 Å². The van der Waals surface area contributed by atoms with Crippen LogP contribution in [0.25, 0.3) is 11.1 Å². The van der Waals surface area contributed by atoms with Crippen LogP contribution in [0.15, 0.2) is 40.9 Å². The van der Waals surface area contributed by atoms with Crippen LogP contribution >= 0.6 is 0 Å². The Bertz CT molecular complexity index is 1240. The van der Waals surface area contributed by atoms with Crippen LogP contribution in [0.3, 0.4) is 0 Å². The number of anilines is 1. The van der Waals surface area contributed by atoms with Gasteiger partial charge in [0.25, 0.3) is 6.01 Å². The zero-order valence-electron chi connectivity index (χ0n) is 25.0. The van der Waals surface area contributed by atoms with E-state index in [0.717, 1.165) is 49.5 Å². The van der Waals surface area contributed by atoms with Gasteiger partial charge in [-0.2, -0.15) is 4.98 Å². The zero-order valence-corrected chi connectivity index (χ0v) is 25.0. The summed E-state index contributed by atoms with van der Waals surface area (Å²) in [5.41, 5.74) is 1.80. The Morgan fingerprint density at radius 2 is 1.64 bits per heavy atom. The summed E-state index contributed by atoms with van der Waals surface area (Å²) in [7, 11) is 1.61. The molecule has 0 N–H and O–H groups in total. The second-order valence-corrected chi connectivity index (χ2v) is 10.8. The predicted molar refractivity (Wildman–Crippen MR) is 156 cm³/mol. The molecule has 0 atom stereocenters. The number of carbonyl (C=O) groups is 1. The lowest BCUT2D eigenvalue weighted by atomic mass is 10.2. The summed E-state index contributed by atoms with van der Waals surface area (Å²) in [6.45, 7) is 12.4. The third-order valence-corrected chi connectivity index (χ3v) is 6.35. The van der Waals surface area contributed by atoms with Crippen LogP contribution in [-0.4, -0.2) is 106 Å². The number of nitrogens with zero attached hydrogens (tertiary/aromatic N) is 4. The summed E-state index contributed by atoms with van der Waals surface area (Å²) < 4.78 is 38.7. The number of hydrogen-bond donors (Lipinski definition) is 0. The Labute approximate surface area is 246 Å². The number of rotatable bonds is 16. The average Bonchev–Trinajstić information content (AvgIpc) is 3.40. The smallest absolute Gasteiger partial charge is 0.332 e. The Morgan fingerprint density at radius 1 is 0.929 bits per heavy atom. The third-order valence-electron chi connectivity index (χ3n) is 6.35. The van der Waals surface area contributed by atoms with Gasteiger partial charge in [0.1, 0.15) is 35.8 Å². The molecular weight excluding hydrogens is 544 g/mol. The number of aromatic nitrogens is 2. The quantitative estimate of drug-likeness (QED) is 0.181. The number of methoxy groups -OCH3 is 1. The fourth-order valence-electron chi connectivity index (χ4n) is 4.22. The third kappa shape index (κ3) is 10.4. The van der Waals surface area contributed by atoms with Crippen LogP contribution in [0.4, 0.5) is 6.01 Å². The van der Waals surface area contributed by atoms with Gasteiger partial charge in [-0.05, 0) is 45.0 Å². The lowest BCUT2D eigenvalue weighted by Gasteiger charge is -2.33. The van der Waals surface area contributed by atoms with E-state index in [0.29, 0.717) is 57.2 Å². The minimum absolute atomic E-state index is 0.0726. The molecule has 1 aliphatic heterocycles. The molecule has 12 heteroatoms. The monoisotopic (exact) mass is 586 g/mol. The maximum absolute atomic E-state index is 11.6. The lowest BCUT2D eigenvalue weighted by Crippen LogP contribution is -2.47. The molecule has 0 bridgehead atoms. The van der Waals surface area contributed by atoms with Gasteiger partial charge in [0, 0.05) is 38.8 Å². The molecule has 0 amide bonds. The largest absolute Gasteiger partial charge is 0.495 e. The maximum atomic E-state index is 11.6. The fraction of sp³-hybridized carbons (Fsp3) is 0.567. The molecule has 0 unspecified atom stereocenters. The van der Waals surface area contributed by atoms with Crippen molar-refractivity contribution in [1.82, 2.24) is 14.9 Å². The van der Waals surface area contributed by atoms with E-state index in [1.807, 2.05) is 51.1 Å². The van der Waals surface area contributed by atoms with Crippen molar-refractivity contribution >= 4 is 23.1 Å². The molecule has 0 aliphatic carbocycles. The summed E-state index contributed by atoms with van der Waals surface area (Å²) in [4.78, 5) is 25.1.